The summed E-state index contributed by atoms with van der Waals surface area (Å²) in [5.74, 6) is -0.0238. The van der Waals surface area contributed by atoms with Gasteiger partial charge in [0.1, 0.15) is 5.82 Å². The predicted molar refractivity (Wildman–Crippen MR) is 54.2 cm³/mol. The third-order valence-corrected chi connectivity index (χ3v) is 2.04. The van der Waals surface area contributed by atoms with Gasteiger partial charge in [0.2, 0.25) is 0 Å². The number of nitrogens with zero attached hydrogens (tertiary/aromatic N) is 2. The highest BCUT2D eigenvalue weighted by atomic mass is 16.5. The van der Waals surface area contributed by atoms with Crippen LogP contribution in [-0.4, -0.2) is 27.5 Å². The lowest BCUT2D eigenvalue weighted by molar-refractivity contribution is 0.0470. The first-order valence-electron chi connectivity index (χ1n) is 4.94. The summed E-state index contributed by atoms with van der Waals surface area (Å²) < 4.78 is 5.64. The minimum Gasteiger partial charge on any atom is -0.461 e. The molecule has 0 fully saturated rings. The number of rotatable bonds is 3. The van der Waals surface area contributed by atoms with Gasteiger partial charge < -0.3 is 9.94 Å². The Labute approximate surface area is 88.6 Å². The molecule has 0 spiro atoms. The van der Waals surface area contributed by atoms with Gasteiger partial charge in [0.05, 0.1) is 12.3 Å². The molecule has 1 N–H and O–H groups in total. The van der Waals surface area contributed by atoms with Crippen LogP contribution in [0.3, 0.4) is 0 Å². The van der Waals surface area contributed by atoms with E-state index in [1.54, 1.807) is 13.8 Å². The second kappa shape index (κ2) is 4.33. The van der Waals surface area contributed by atoms with Crippen LogP contribution in [0.1, 0.15) is 48.7 Å². The van der Waals surface area contributed by atoms with Crippen LogP contribution >= 0.6 is 0 Å². The van der Waals surface area contributed by atoms with Gasteiger partial charge in [0.15, 0.2) is 5.69 Å². The number of imidazole rings is 1. The third-order valence-electron chi connectivity index (χ3n) is 2.04. The van der Waals surface area contributed by atoms with E-state index in [2.05, 4.69) is 4.98 Å². The summed E-state index contributed by atoms with van der Waals surface area (Å²) in [5, 5.41) is 9.73. The Morgan fingerprint density at radius 2 is 2.20 bits per heavy atom. The lowest BCUT2D eigenvalue weighted by Gasteiger charge is -2.05. The number of esters is 1. The second-order valence-corrected chi connectivity index (χ2v) is 3.59. The molecule has 0 aromatic carbocycles. The van der Waals surface area contributed by atoms with Crippen LogP contribution in [0.4, 0.5) is 0 Å². The average Bonchev–Trinajstić information content (AvgIpc) is 2.42. The van der Waals surface area contributed by atoms with Crippen LogP contribution < -0.4 is 0 Å². The van der Waals surface area contributed by atoms with Gasteiger partial charge in [0, 0.05) is 5.92 Å². The van der Waals surface area contributed by atoms with Crippen LogP contribution in [0.2, 0.25) is 0 Å². The molecular formula is C10H16N2O3. The van der Waals surface area contributed by atoms with E-state index >= 15 is 0 Å². The third kappa shape index (κ3) is 2.11. The standard InChI is InChI=1S/C10H16N2O3/c1-5-15-10(13)8-7(4)11-9(6(2)3)12(8)14/h6,14H,5H2,1-4H3. The second-order valence-electron chi connectivity index (χ2n) is 3.59. The molecule has 1 rings (SSSR count). The fraction of sp³-hybridized carbons (Fsp3) is 0.600. The Morgan fingerprint density at radius 3 is 2.60 bits per heavy atom. The molecule has 5 nitrogen and oxygen atoms in total. The first kappa shape index (κ1) is 11.6. The lowest BCUT2D eigenvalue weighted by Crippen LogP contribution is -2.13. The first-order valence-corrected chi connectivity index (χ1v) is 4.94. The Kier molecular flexibility index (Phi) is 3.34. The van der Waals surface area contributed by atoms with Gasteiger partial charge in [-0.15, -0.1) is 0 Å². The summed E-state index contributed by atoms with van der Waals surface area (Å²) in [6, 6.07) is 0. The summed E-state index contributed by atoms with van der Waals surface area (Å²) in [6.45, 7) is 7.45. The van der Waals surface area contributed by atoms with E-state index < -0.39 is 5.97 Å². The molecule has 0 amide bonds. The van der Waals surface area contributed by atoms with E-state index in [-0.39, 0.29) is 18.2 Å². The number of hydrogen-bond acceptors (Lipinski definition) is 4. The van der Waals surface area contributed by atoms with Crippen molar-refractivity contribution >= 4 is 5.97 Å². The molecule has 0 bridgehead atoms. The van der Waals surface area contributed by atoms with Gasteiger partial charge in [0.25, 0.3) is 0 Å². The van der Waals surface area contributed by atoms with Crippen molar-refractivity contribution in [1.82, 2.24) is 9.71 Å². The molecular weight excluding hydrogens is 196 g/mol. The van der Waals surface area contributed by atoms with E-state index in [0.29, 0.717) is 11.5 Å². The fourth-order valence-corrected chi connectivity index (χ4v) is 1.35. The van der Waals surface area contributed by atoms with Crippen molar-refractivity contribution in [2.24, 2.45) is 0 Å². The summed E-state index contributed by atoms with van der Waals surface area (Å²) in [5.41, 5.74) is 0.597. The van der Waals surface area contributed by atoms with Crippen molar-refractivity contribution in [3.05, 3.63) is 17.2 Å². The summed E-state index contributed by atoms with van der Waals surface area (Å²) in [7, 11) is 0. The molecule has 5 heteroatoms. The number of carbonyl (C=O) groups excluding carboxylic acids is 1. The van der Waals surface area contributed by atoms with Crippen LogP contribution in [0.5, 0.6) is 0 Å². The molecule has 0 aliphatic rings. The normalized spacial score (nSPS) is 10.7. The average molecular weight is 212 g/mol. The van der Waals surface area contributed by atoms with Crippen LogP contribution in [0.25, 0.3) is 0 Å². The van der Waals surface area contributed by atoms with E-state index in [1.807, 2.05) is 13.8 Å². The zero-order valence-corrected chi connectivity index (χ0v) is 9.44. The highest BCUT2D eigenvalue weighted by Gasteiger charge is 2.22. The van der Waals surface area contributed by atoms with Gasteiger partial charge in [-0.1, -0.05) is 13.8 Å². The zero-order valence-electron chi connectivity index (χ0n) is 9.44. The SMILES string of the molecule is CCOC(=O)c1c(C)nc(C(C)C)n1O. The van der Waals surface area contributed by atoms with Gasteiger partial charge in [-0.2, -0.15) is 4.73 Å². The topological polar surface area (TPSA) is 64.3 Å². The quantitative estimate of drug-likeness (QED) is 0.612. The van der Waals surface area contributed by atoms with Crippen molar-refractivity contribution in [3.8, 4) is 0 Å². The van der Waals surface area contributed by atoms with E-state index in [9.17, 15) is 10.0 Å². The maximum atomic E-state index is 11.5. The smallest absolute Gasteiger partial charge is 0.360 e. The Balaban J connectivity index is 3.13. The Hall–Kier alpha value is -1.52. The largest absolute Gasteiger partial charge is 0.461 e. The van der Waals surface area contributed by atoms with Crippen LogP contribution in [-0.2, 0) is 4.74 Å². The molecule has 0 saturated heterocycles. The van der Waals surface area contributed by atoms with Crippen LogP contribution in [0.15, 0.2) is 0 Å². The zero-order chi connectivity index (χ0) is 11.6. The molecule has 0 aliphatic heterocycles. The van der Waals surface area contributed by atoms with E-state index in [0.717, 1.165) is 4.73 Å². The summed E-state index contributed by atoms with van der Waals surface area (Å²) in [4.78, 5) is 15.6. The fourth-order valence-electron chi connectivity index (χ4n) is 1.35. The summed E-state index contributed by atoms with van der Waals surface area (Å²) >= 11 is 0. The molecule has 0 saturated carbocycles. The minimum absolute atomic E-state index is 0.0527. The number of carbonyl (C=O) groups is 1. The molecule has 1 aromatic rings. The summed E-state index contributed by atoms with van der Waals surface area (Å²) in [6.07, 6.45) is 0. The van der Waals surface area contributed by atoms with Crippen molar-refractivity contribution in [1.29, 1.82) is 0 Å². The molecule has 1 aromatic heterocycles. The Bertz CT molecular complexity index is 369. The number of ether oxygens (including phenoxy) is 1. The van der Waals surface area contributed by atoms with E-state index in [1.165, 1.54) is 0 Å². The van der Waals surface area contributed by atoms with Crippen molar-refractivity contribution in [2.75, 3.05) is 6.61 Å². The highest BCUT2D eigenvalue weighted by Crippen LogP contribution is 2.17. The molecule has 1 heterocycles. The van der Waals surface area contributed by atoms with Crippen molar-refractivity contribution in [2.45, 2.75) is 33.6 Å². The van der Waals surface area contributed by atoms with Crippen molar-refractivity contribution < 1.29 is 14.7 Å². The number of hydrogen-bond donors (Lipinski definition) is 1. The molecule has 0 unspecified atom stereocenters. The lowest BCUT2D eigenvalue weighted by atomic mass is 10.2. The maximum absolute atomic E-state index is 11.5. The first-order chi connectivity index (χ1) is 6.99. The molecule has 0 aliphatic carbocycles. The molecule has 84 valence electrons. The maximum Gasteiger partial charge on any atom is 0.360 e. The minimum atomic E-state index is -0.545. The molecule has 0 atom stereocenters. The van der Waals surface area contributed by atoms with Crippen LogP contribution in [0, 0.1) is 6.92 Å². The molecule has 0 radical (unpaired) electrons. The van der Waals surface area contributed by atoms with Gasteiger partial charge in [-0.3, -0.25) is 0 Å². The highest BCUT2D eigenvalue weighted by molar-refractivity contribution is 5.88. The van der Waals surface area contributed by atoms with Gasteiger partial charge in [-0.05, 0) is 13.8 Å². The number of aryl methyl sites for hydroxylation is 1. The number of aromatic nitrogens is 2. The molecule has 15 heavy (non-hydrogen) atoms. The van der Waals surface area contributed by atoms with E-state index in [4.69, 9.17) is 4.74 Å². The van der Waals surface area contributed by atoms with Crippen molar-refractivity contribution in [3.63, 3.8) is 0 Å². The Morgan fingerprint density at radius 1 is 1.60 bits per heavy atom. The van der Waals surface area contributed by atoms with Gasteiger partial charge >= 0.3 is 5.97 Å². The monoisotopic (exact) mass is 212 g/mol. The predicted octanol–water partition coefficient (Wildman–Crippen LogP) is 1.73. The van der Waals surface area contributed by atoms with Gasteiger partial charge in [-0.25, -0.2) is 9.78 Å².